The number of rotatable bonds is 4. The zero-order valence-electron chi connectivity index (χ0n) is 12.8. The molecule has 0 aliphatic carbocycles. The fraction of sp³-hybridized carbons (Fsp3) is 0.333. The van der Waals surface area contributed by atoms with Crippen LogP contribution in [0, 0.1) is 0 Å². The number of nitrogens with two attached hydrogens (primary N) is 1. The Labute approximate surface area is 134 Å². The van der Waals surface area contributed by atoms with Crippen LogP contribution in [0.25, 0.3) is 0 Å². The molecular weight excluding hydrogens is 304 g/mol. The van der Waals surface area contributed by atoms with E-state index in [4.69, 9.17) is 22.2 Å². The highest BCUT2D eigenvalue weighted by molar-refractivity contribution is 6.33. The molecule has 2 rings (SSSR count). The Morgan fingerprint density at radius 3 is 2.82 bits per heavy atom. The average molecular weight is 323 g/mol. The number of nitrogens with one attached hydrogen (secondary N) is 1. The minimum absolute atomic E-state index is 0.0424. The van der Waals surface area contributed by atoms with Crippen molar-refractivity contribution in [2.45, 2.75) is 32.9 Å². The van der Waals surface area contributed by atoms with Crippen molar-refractivity contribution in [2.75, 3.05) is 0 Å². The number of hydrogen-bond donors (Lipinski definition) is 2. The third kappa shape index (κ3) is 3.78. The second-order valence-corrected chi connectivity index (χ2v) is 6.30. The Morgan fingerprint density at radius 2 is 2.18 bits per heavy atom. The number of hydrazine groups is 1. The predicted octanol–water partition coefficient (Wildman–Crippen LogP) is 2.47. The van der Waals surface area contributed by atoms with Crippen LogP contribution in [0.15, 0.2) is 30.5 Å². The summed E-state index contributed by atoms with van der Waals surface area (Å²) in [6.07, 6.45) is 1.51. The molecule has 0 aliphatic rings. The van der Waals surface area contributed by atoms with Crippen LogP contribution in [0.5, 0.6) is 5.75 Å². The van der Waals surface area contributed by atoms with Crippen LogP contribution in [0.2, 0.25) is 5.02 Å². The Morgan fingerprint density at radius 1 is 1.45 bits per heavy atom. The summed E-state index contributed by atoms with van der Waals surface area (Å²) < 4.78 is 7.13. The van der Waals surface area contributed by atoms with E-state index in [9.17, 15) is 4.79 Å². The zero-order valence-corrected chi connectivity index (χ0v) is 13.5. The molecule has 3 N–H and O–H groups in total. The van der Waals surface area contributed by atoms with Crippen LogP contribution in [0.4, 0.5) is 0 Å². The maximum absolute atomic E-state index is 11.4. The first-order valence-corrected chi connectivity index (χ1v) is 7.16. The number of nitrogens with zero attached hydrogens (tertiary/aromatic N) is 2. The minimum atomic E-state index is -0.543. The number of nitrogen functional groups attached to an aromatic ring is 1. The predicted molar refractivity (Wildman–Crippen MR) is 84.7 cm³/mol. The second kappa shape index (κ2) is 6.37. The molecule has 1 aromatic heterocycles. The molecule has 2 aromatic rings. The molecule has 1 heterocycles. The minimum Gasteiger partial charge on any atom is -0.471 e. The smallest absolute Gasteiger partial charge is 0.287 e. The van der Waals surface area contributed by atoms with Gasteiger partial charge < -0.3 is 4.74 Å². The molecule has 0 fully saturated rings. The molecule has 22 heavy (non-hydrogen) atoms. The summed E-state index contributed by atoms with van der Waals surface area (Å²) in [5.74, 6) is 5.25. The van der Waals surface area contributed by atoms with Crippen molar-refractivity contribution in [3.63, 3.8) is 0 Å². The quantitative estimate of drug-likeness (QED) is 0.514. The zero-order chi connectivity index (χ0) is 16.3. The van der Waals surface area contributed by atoms with E-state index < -0.39 is 5.91 Å². The van der Waals surface area contributed by atoms with Gasteiger partial charge in [-0.25, -0.2) is 10.5 Å². The number of carbonyl (C=O) groups excluding carboxylic acids is 1. The van der Waals surface area contributed by atoms with E-state index in [-0.39, 0.29) is 22.9 Å². The first-order valence-electron chi connectivity index (χ1n) is 6.78. The Hall–Kier alpha value is -2.05. The van der Waals surface area contributed by atoms with Gasteiger partial charge in [-0.05, 0) is 23.1 Å². The third-order valence-corrected chi connectivity index (χ3v) is 3.40. The number of ether oxygens (including phenoxy) is 1. The molecule has 0 radical (unpaired) electrons. The van der Waals surface area contributed by atoms with Gasteiger partial charge in [-0.3, -0.25) is 10.2 Å². The van der Waals surface area contributed by atoms with Crippen molar-refractivity contribution in [2.24, 2.45) is 5.84 Å². The maximum atomic E-state index is 11.4. The molecule has 1 aromatic carbocycles. The molecule has 0 saturated carbocycles. The Balaban J connectivity index is 2.09. The second-order valence-electron chi connectivity index (χ2n) is 5.89. The molecule has 7 heteroatoms. The van der Waals surface area contributed by atoms with Crippen LogP contribution in [0.3, 0.4) is 0 Å². The molecule has 0 bridgehead atoms. The molecule has 0 aliphatic heterocycles. The van der Waals surface area contributed by atoms with E-state index in [0.29, 0.717) is 0 Å². The Bertz CT molecular complexity index is 676. The SMILES string of the molecule is CC(C)(C)c1cccc(OCn2cc(Cl)c(C(=O)NN)n2)c1. The molecule has 6 nitrogen and oxygen atoms in total. The van der Waals surface area contributed by atoms with Gasteiger partial charge in [0.25, 0.3) is 5.91 Å². The summed E-state index contributed by atoms with van der Waals surface area (Å²) in [7, 11) is 0. The monoisotopic (exact) mass is 322 g/mol. The summed E-state index contributed by atoms with van der Waals surface area (Å²) in [4.78, 5) is 11.4. The van der Waals surface area contributed by atoms with Crippen LogP contribution >= 0.6 is 11.6 Å². The van der Waals surface area contributed by atoms with Gasteiger partial charge in [-0.15, -0.1) is 0 Å². The lowest BCUT2D eigenvalue weighted by Gasteiger charge is -2.19. The van der Waals surface area contributed by atoms with E-state index in [2.05, 4.69) is 31.9 Å². The lowest BCUT2D eigenvalue weighted by atomic mass is 9.87. The maximum Gasteiger partial charge on any atom is 0.287 e. The van der Waals surface area contributed by atoms with Crippen molar-refractivity contribution in [1.82, 2.24) is 15.2 Å². The third-order valence-electron chi connectivity index (χ3n) is 3.13. The standard InChI is InChI=1S/C15H19ClN4O2/c1-15(2,3)10-5-4-6-11(7-10)22-9-20-8-12(16)13(19-20)14(21)18-17/h4-8H,9,17H2,1-3H3,(H,18,21). The molecule has 0 unspecified atom stereocenters. The highest BCUT2D eigenvalue weighted by Gasteiger charge is 2.15. The van der Waals surface area contributed by atoms with Gasteiger partial charge in [0.15, 0.2) is 12.4 Å². The van der Waals surface area contributed by atoms with Crippen molar-refractivity contribution in [1.29, 1.82) is 0 Å². The number of aromatic nitrogens is 2. The number of benzene rings is 1. The van der Waals surface area contributed by atoms with Gasteiger partial charge in [-0.1, -0.05) is 44.5 Å². The van der Waals surface area contributed by atoms with Crippen molar-refractivity contribution < 1.29 is 9.53 Å². The highest BCUT2D eigenvalue weighted by atomic mass is 35.5. The fourth-order valence-electron chi connectivity index (χ4n) is 1.88. The van der Waals surface area contributed by atoms with Crippen molar-refractivity contribution in [3.05, 3.63) is 46.7 Å². The summed E-state index contributed by atoms with van der Waals surface area (Å²) >= 11 is 5.93. The number of halogens is 1. The molecule has 1 amide bonds. The van der Waals surface area contributed by atoms with Gasteiger partial charge >= 0.3 is 0 Å². The van der Waals surface area contributed by atoms with Crippen molar-refractivity contribution in [3.8, 4) is 5.75 Å². The number of amides is 1. The van der Waals surface area contributed by atoms with Crippen LogP contribution in [0.1, 0.15) is 36.8 Å². The highest BCUT2D eigenvalue weighted by Crippen LogP contribution is 2.25. The van der Waals surface area contributed by atoms with Crippen LogP contribution in [-0.4, -0.2) is 15.7 Å². The number of carbonyl (C=O) groups is 1. The fourth-order valence-corrected chi connectivity index (χ4v) is 2.11. The number of hydrogen-bond acceptors (Lipinski definition) is 4. The summed E-state index contributed by atoms with van der Waals surface area (Å²) in [6.45, 7) is 6.55. The van der Waals surface area contributed by atoms with E-state index in [1.54, 1.807) is 0 Å². The average Bonchev–Trinajstić information content (AvgIpc) is 2.85. The summed E-state index contributed by atoms with van der Waals surface area (Å²) in [5.41, 5.74) is 3.27. The first-order chi connectivity index (χ1) is 10.3. The first kappa shape index (κ1) is 16.3. The van der Waals surface area contributed by atoms with E-state index >= 15 is 0 Å². The summed E-state index contributed by atoms with van der Waals surface area (Å²) in [6, 6.07) is 7.85. The lowest BCUT2D eigenvalue weighted by Crippen LogP contribution is -2.30. The van der Waals surface area contributed by atoms with Crippen LogP contribution in [-0.2, 0) is 12.1 Å². The van der Waals surface area contributed by atoms with Gasteiger partial charge in [0, 0.05) is 6.20 Å². The van der Waals surface area contributed by atoms with Crippen LogP contribution < -0.4 is 16.0 Å². The molecule has 0 atom stereocenters. The van der Waals surface area contributed by atoms with E-state index in [1.807, 2.05) is 23.6 Å². The molecule has 0 saturated heterocycles. The Kier molecular flexibility index (Phi) is 4.73. The summed E-state index contributed by atoms with van der Waals surface area (Å²) in [5, 5.41) is 4.25. The van der Waals surface area contributed by atoms with Crippen molar-refractivity contribution >= 4 is 17.5 Å². The molecule has 118 valence electrons. The van der Waals surface area contributed by atoms with E-state index in [1.165, 1.54) is 16.4 Å². The van der Waals surface area contributed by atoms with E-state index in [0.717, 1.165) is 5.75 Å². The normalized spacial score (nSPS) is 11.3. The van der Waals surface area contributed by atoms with Gasteiger partial charge in [-0.2, -0.15) is 5.10 Å². The van der Waals surface area contributed by atoms with Gasteiger partial charge in [0.1, 0.15) is 5.75 Å². The van der Waals surface area contributed by atoms with Gasteiger partial charge in [0.2, 0.25) is 0 Å². The lowest BCUT2D eigenvalue weighted by molar-refractivity contribution is 0.0946. The molecular formula is C15H19ClN4O2. The topological polar surface area (TPSA) is 82.2 Å². The van der Waals surface area contributed by atoms with Gasteiger partial charge in [0.05, 0.1) is 5.02 Å². The largest absolute Gasteiger partial charge is 0.471 e. The molecule has 0 spiro atoms.